The number of hydrogen-bond donors (Lipinski definition) is 0. The average molecular weight is 536 g/mol. The van der Waals surface area contributed by atoms with Gasteiger partial charge >= 0.3 is 0 Å². The van der Waals surface area contributed by atoms with Crippen molar-refractivity contribution in [2.24, 2.45) is 0 Å². The lowest BCUT2D eigenvalue weighted by Gasteiger charge is -2.11. The van der Waals surface area contributed by atoms with E-state index in [2.05, 4.69) is 149 Å². The van der Waals surface area contributed by atoms with Gasteiger partial charge in [-0.25, -0.2) is 0 Å². The summed E-state index contributed by atoms with van der Waals surface area (Å²) >= 11 is 0. The largest absolute Gasteiger partial charge is 0.309 e. The van der Waals surface area contributed by atoms with Crippen LogP contribution in [0.25, 0.3) is 77.0 Å². The summed E-state index contributed by atoms with van der Waals surface area (Å²) in [6.07, 6.45) is 1.90. The van der Waals surface area contributed by atoms with E-state index in [9.17, 15) is 0 Å². The smallest absolute Gasteiger partial charge is 0.0969 e. The highest BCUT2D eigenvalue weighted by atomic mass is 15.0. The van der Waals surface area contributed by atoms with Crippen molar-refractivity contribution in [1.82, 2.24) is 14.1 Å². The second kappa shape index (κ2) is 8.92. The van der Waals surface area contributed by atoms with Crippen LogP contribution in [0, 0.1) is 0 Å². The van der Waals surface area contributed by atoms with Crippen molar-refractivity contribution < 1.29 is 0 Å². The number of rotatable bonds is 3. The molecule has 3 heteroatoms. The zero-order valence-corrected chi connectivity index (χ0v) is 22.8. The van der Waals surface area contributed by atoms with Crippen molar-refractivity contribution in [1.29, 1.82) is 0 Å². The number of aromatic nitrogens is 3. The Morgan fingerprint density at radius 2 is 1.05 bits per heavy atom. The fourth-order valence-electron chi connectivity index (χ4n) is 6.79. The maximum absolute atomic E-state index is 4.94. The molecule has 0 spiro atoms. The summed E-state index contributed by atoms with van der Waals surface area (Å²) in [4.78, 5) is 4.94. The van der Waals surface area contributed by atoms with Crippen LogP contribution in [0.1, 0.15) is 0 Å². The van der Waals surface area contributed by atoms with E-state index < -0.39 is 0 Å². The quantitative estimate of drug-likeness (QED) is 0.221. The standard InChI is InChI=1S/C39H25N3/c1-2-13-28(14-3-1)41-35-20-9-17-31(38(35)39-36(41)21-10-24-40-39)30-16-8-19-34-37(30)32-15-6-7-18-33(32)42(34)29-23-22-26-11-4-5-12-27(26)25-29/h1-25H. The topological polar surface area (TPSA) is 22.8 Å². The summed E-state index contributed by atoms with van der Waals surface area (Å²) in [7, 11) is 0. The predicted molar refractivity (Wildman–Crippen MR) is 176 cm³/mol. The maximum Gasteiger partial charge on any atom is 0.0969 e. The van der Waals surface area contributed by atoms with Gasteiger partial charge < -0.3 is 9.13 Å². The molecule has 0 aliphatic carbocycles. The van der Waals surface area contributed by atoms with E-state index in [1.165, 1.54) is 49.1 Å². The van der Waals surface area contributed by atoms with Gasteiger partial charge in [0, 0.05) is 33.7 Å². The molecule has 6 aromatic carbocycles. The molecule has 0 fully saturated rings. The van der Waals surface area contributed by atoms with E-state index in [4.69, 9.17) is 4.98 Å². The fourth-order valence-corrected chi connectivity index (χ4v) is 6.79. The minimum atomic E-state index is 1.02. The molecule has 0 saturated carbocycles. The van der Waals surface area contributed by atoms with Crippen LogP contribution in [0.5, 0.6) is 0 Å². The molecule has 0 bridgehead atoms. The second-order valence-corrected chi connectivity index (χ2v) is 10.8. The first-order chi connectivity index (χ1) is 20.9. The maximum atomic E-state index is 4.94. The Morgan fingerprint density at radius 1 is 0.405 bits per heavy atom. The molecule has 0 aliphatic rings. The van der Waals surface area contributed by atoms with Crippen LogP contribution >= 0.6 is 0 Å². The van der Waals surface area contributed by atoms with Gasteiger partial charge in [-0.15, -0.1) is 0 Å². The Morgan fingerprint density at radius 3 is 1.90 bits per heavy atom. The normalized spacial score (nSPS) is 11.8. The van der Waals surface area contributed by atoms with Crippen molar-refractivity contribution in [3.63, 3.8) is 0 Å². The molecule has 0 N–H and O–H groups in total. The lowest BCUT2D eigenvalue weighted by molar-refractivity contribution is 1.18. The van der Waals surface area contributed by atoms with Crippen molar-refractivity contribution in [2.45, 2.75) is 0 Å². The third-order valence-electron chi connectivity index (χ3n) is 8.54. The Hall–Kier alpha value is -5.67. The van der Waals surface area contributed by atoms with Gasteiger partial charge in [0.15, 0.2) is 0 Å². The van der Waals surface area contributed by atoms with Crippen LogP contribution < -0.4 is 0 Å². The molecule has 3 heterocycles. The van der Waals surface area contributed by atoms with Crippen molar-refractivity contribution in [3.05, 3.63) is 152 Å². The van der Waals surface area contributed by atoms with Gasteiger partial charge in [0.05, 0.1) is 27.6 Å². The highest BCUT2D eigenvalue weighted by Gasteiger charge is 2.21. The summed E-state index contributed by atoms with van der Waals surface area (Å²) in [6.45, 7) is 0. The first-order valence-electron chi connectivity index (χ1n) is 14.3. The zero-order chi connectivity index (χ0) is 27.6. The van der Waals surface area contributed by atoms with Crippen molar-refractivity contribution in [2.75, 3.05) is 0 Å². The third kappa shape index (κ3) is 3.25. The average Bonchev–Trinajstić information content (AvgIpc) is 3.58. The van der Waals surface area contributed by atoms with E-state index in [-0.39, 0.29) is 0 Å². The molecule has 0 radical (unpaired) electrons. The molecular formula is C39H25N3. The molecule has 42 heavy (non-hydrogen) atoms. The molecule has 3 nitrogen and oxygen atoms in total. The summed E-state index contributed by atoms with van der Waals surface area (Å²) in [5, 5.41) is 6.16. The summed E-state index contributed by atoms with van der Waals surface area (Å²) in [5.74, 6) is 0. The highest BCUT2D eigenvalue weighted by molar-refractivity contribution is 6.21. The van der Waals surface area contributed by atoms with Gasteiger partial charge in [0.2, 0.25) is 0 Å². The van der Waals surface area contributed by atoms with Crippen LogP contribution in [-0.4, -0.2) is 14.1 Å². The SMILES string of the molecule is c1ccc(-n2c3cccnc3c3c(-c4cccc5c4c4ccccc4n5-c4ccc5ccccc5c4)cccc32)cc1. The molecule has 0 unspecified atom stereocenters. The number of fused-ring (bicyclic) bond motifs is 7. The fraction of sp³-hybridized carbons (Fsp3) is 0. The van der Waals surface area contributed by atoms with Gasteiger partial charge in [-0.2, -0.15) is 0 Å². The first kappa shape index (κ1) is 23.1. The Kier molecular flexibility index (Phi) is 4.90. The van der Waals surface area contributed by atoms with Crippen LogP contribution in [-0.2, 0) is 0 Å². The second-order valence-electron chi connectivity index (χ2n) is 10.8. The summed E-state index contributed by atoms with van der Waals surface area (Å²) in [6, 6.07) is 52.2. The number of pyridine rings is 1. The number of hydrogen-bond acceptors (Lipinski definition) is 1. The van der Waals surface area contributed by atoms with Crippen LogP contribution in [0.15, 0.2) is 152 Å². The van der Waals surface area contributed by atoms with Gasteiger partial charge in [-0.1, -0.05) is 91.0 Å². The van der Waals surface area contributed by atoms with Crippen LogP contribution in [0.3, 0.4) is 0 Å². The van der Waals surface area contributed by atoms with E-state index in [0.29, 0.717) is 0 Å². The predicted octanol–water partition coefficient (Wildman–Crippen LogP) is 10.1. The molecule has 9 aromatic rings. The van der Waals surface area contributed by atoms with E-state index in [0.717, 1.165) is 27.9 Å². The minimum absolute atomic E-state index is 1.02. The van der Waals surface area contributed by atoms with E-state index in [1.807, 2.05) is 12.3 Å². The number of para-hydroxylation sites is 2. The summed E-state index contributed by atoms with van der Waals surface area (Å²) < 4.78 is 4.74. The highest BCUT2D eigenvalue weighted by Crippen LogP contribution is 2.43. The first-order valence-corrected chi connectivity index (χ1v) is 14.3. The Balaban J connectivity index is 1.39. The molecule has 196 valence electrons. The lowest BCUT2D eigenvalue weighted by atomic mass is 9.96. The van der Waals surface area contributed by atoms with Crippen molar-refractivity contribution in [3.8, 4) is 22.5 Å². The molecule has 0 amide bonds. The van der Waals surface area contributed by atoms with Gasteiger partial charge in [0.1, 0.15) is 0 Å². The number of nitrogens with zero attached hydrogens (tertiary/aromatic N) is 3. The monoisotopic (exact) mass is 535 g/mol. The van der Waals surface area contributed by atoms with Crippen molar-refractivity contribution >= 4 is 54.5 Å². The minimum Gasteiger partial charge on any atom is -0.309 e. The molecule has 0 aliphatic heterocycles. The molecule has 0 saturated heterocycles. The lowest BCUT2D eigenvalue weighted by Crippen LogP contribution is -1.94. The van der Waals surface area contributed by atoms with Crippen LogP contribution in [0.4, 0.5) is 0 Å². The number of benzene rings is 6. The van der Waals surface area contributed by atoms with Crippen LogP contribution in [0.2, 0.25) is 0 Å². The van der Waals surface area contributed by atoms with Gasteiger partial charge in [0.25, 0.3) is 0 Å². The zero-order valence-electron chi connectivity index (χ0n) is 22.8. The Labute approximate surface area is 242 Å². The molecule has 3 aromatic heterocycles. The van der Waals surface area contributed by atoms with Gasteiger partial charge in [-0.05, 0) is 76.5 Å². The molecular weight excluding hydrogens is 510 g/mol. The van der Waals surface area contributed by atoms with E-state index in [1.54, 1.807) is 0 Å². The molecule has 9 rings (SSSR count). The third-order valence-corrected chi connectivity index (χ3v) is 8.54. The molecule has 0 atom stereocenters. The van der Waals surface area contributed by atoms with Gasteiger partial charge in [-0.3, -0.25) is 4.98 Å². The Bertz CT molecular complexity index is 2460. The summed E-state index contributed by atoms with van der Waals surface area (Å²) in [5.41, 5.74) is 10.4. The van der Waals surface area contributed by atoms with E-state index >= 15 is 0 Å².